The zero-order valence-electron chi connectivity index (χ0n) is 10.1. The number of hydrogen-bond donors (Lipinski definition) is 0. The minimum atomic E-state index is -0.217. The van der Waals surface area contributed by atoms with E-state index in [9.17, 15) is 4.39 Å². The molecule has 0 bridgehead atoms. The molecule has 0 spiro atoms. The summed E-state index contributed by atoms with van der Waals surface area (Å²) in [7, 11) is 0. The monoisotopic (exact) mass is 263 g/mol. The number of hydrogen-bond acceptors (Lipinski definition) is 3. The van der Waals surface area contributed by atoms with Crippen molar-refractivity contribution in [3.05, 3.63) is 54.6 Å². The number of benzene rings is 1. The molecule has 1 aromatic heterocycles. The molecule has 1 heterocycles. The fraction of sp³-hybridized carbons (Fsp3) is 0.231. The van der Waals surface area contributed by atoms with Crippen LogP contribution in [-0.4, -0.2) is 14.8 Å². The SMILES string of the molecule is C=CCn1cnnc1SC(C)c1ccc(F)cc1. The van der Waals surface area contributed by atoms with Crippen LogP contribution in [0.3, 0.4) is 0 Å². The van der Waals surface area contributed by atoms with Crippen molar-refractivity contribution in [2.24, 2.45) is 0 Å². The Morgan fingerprint density at radius 2 is 2.17 bits per heavy atom. The van der Waals surface area contributed by atoms with E-state index in [4.69, 9.17) is 0 Å². The molecular weight excluding hydrogens is 249 g/mol. The van der Waals surface area contributed by atoms with Crippen LogP contribution in [0, 0.1) is 5.82 Å². The fourth-order valence-corrected chi connectivity index (χ4v) is 2.52. The van der Waals surface area contributed by atoms with Gasteiger partial charge in [-0.1, -0.05) is 30.0 Å². The normalized spacial score (nSPS) is 12.3. The molecule has 1 atom stereocenters. The van der Waals surface area contributed by atoms with Crippen LogP contribution in [0.5, 0.6) is 0 Å². The number of thioether (sulfide) groups is 1. The highest BCUT2D eigenvalue weighted by Gasteiger charge is 2.12. The van der Waals surface area contributed by atoms with Gasteiger partial charge < -0.3 is 4.57 Å². The Bertz CT molecular complexity index is 521. The summed E-state index contributed by atoms with van der Waals surface area (Å²) in [4.78, 5) is 0. The fourth-order valence-electron chi connectivity index (χ4n) is 1.56. The van der Waals surface area contributed by atoms with E-state index in [0.29, 0.717) is 6.54 Å². The van der Waals surface area contributed by atoms with Gasteiger partial charge in [0, 0.05) is 11.8 Å². The summed E-state index contributed by atoms with van der Waals surface area (Å²) < 4.78 is 14.8. The highest BCUT2D eigenvalue weighted by atomic mass is 32.2. The maximum atomic E-state index is 12.8. The highest BCUT2D eigenvalue weighted by Crippen LogP contribution is 2.33. The quantitative estimate of drug-likeness (QED) is 0.611. The van der Waals surface area contributed by atoms with Crippen molar-refractivity contribution in [1.29, 1.82) is 0 Å². The Balaban J connectivity index is 2.10. The predicted octanol–water partition coefficient (Wildman–Crippen LogP) is 3.46. The van der Waals surface area contributed by atoms with E-state index < -0.39 is 0 Å². The molecule has 0 aliphatic rings. The van der Waals surface area contributed by atoms with Gasteiger partial charge in [-0.25, -0.2) is 4.39 Å². The zero-order chi connectivity index (χ0) is 13.0. The Kier molecular flexibility index (Phi) is 4.15. The molecule has 18 heavy (non-hydrogen) atoms. The van der Waals surface area contributed by atoms with Gasteiger partial charge in [-0.15, -0.1) is 16.8 Å². The molecule has 0 saturated heterocycles. The Labute approximate surface area is 110 Å². The van der Waals surface area contributed by atoms with Gasteiger partial charge in [0.25, 0.3) is 0 Å². The second-order valence-corrected chi connectivity index (χ2v) is 5.17. The summed E-state index contributed by atoms with van der Waals surface area (Å²) >= 11 is 1.59. The third-order valence-corrected chi connectivity index (χ3v) is 3.68. The van der Waals surface area contributed by atoms with E-state index in [-0.39, 0.29) is 11.1 Å². The lowest BCUT2D eigenvalue weighted by molar-refractivity contribution is 0.627. The average Bonchev–Trinajstić information content (AvgIpc) is 2.78. The van der Waals surface area contributed by atoms with Crippen LogP contribution in [0.1, 0.15) is 17.7 Å². The van der Waals surface area contributed by atoms with Crippen molar-refractivity contribution in [2.45, 2.75) is 23.9 Å². The van der Waals surface area contributed by atoms with Crippen molar-refractivity contribution in [2.75, 3.05) is 0 Å². The minimum absolute atomic E-state index is 0.193. The van der Waals surface area contributed by atoms with Gasteiger partial charge in [-0.05, 0) is 24.6 Å². The molecule has 94 valence electrons. The van der Waals surface area contributed by atoms with Gasteiger partial charge in [0.1, 0.15) is 12.1 Å². The maximum Gasteiger partial charge on any atom is 0.191 e. The molecule has 0 saturated carbocycles. The van der Waals surface area contributed by atoms with Crippen molar-refractivity contribution in [3.63, 3.8) is 0 Å². The molecule has 0 aliphatic heterocycles. The van der Waals surface area contributed by atoms with Crippen molar-refractivity contribution in [3.8, 4) is 0 Å². The van der Waals surface area contributed by atoms with E-state index in [0.717, 1.165) is 10.7 Å². The Morgan fingerprint density at radius 3 is 2.83 bits per heavy atom. The largest absolute Gasteiger partial charge is 0.305 e. The van der Waals surface area contributed by atoms with Gasteiger partial charge in [0.05, 0.1) is 0 Å². The van der Waals surface area contributed by atoms with Crippen LogP contribution in [0.2, 0.25) is 0 Å². The van der Waals surface area contributed by atoms with Gasteiger partial charge in [0.2, 0.25) is 0 Å². The van der Waals surface area contributed by atoms with Gasteiger partial charge in [-0.2, -0.15) is 0 Å². The first-order chi connectivity index (χ1) is 8.70. The molecule has 2 rings (SSSR count). The number of halogens is 1. The molecule has 0 amide bonds. The molecule has 0 aliphatic carbocycles. The van der Waals surface area contributed by atoms with E-state index in [2.05, 4.69) is 23.7 Å². The lowest BCUT2D eigenvalue weighted by Gasteiger charge is -2.11. The number of nitrogens with zero attached hydrogens (tertiary/aromatic N) is 3. The van der Waals surface area contributed by atoms with Crippen molar-refractivity contribution >= 4 is 11.8 Å². The van der Waals surface area contributed by atoms with Gasteiger partial charge in [-0.3, -0.25) is 0 Å². The second-order valence-electron chi connectivity index (χ2n) is 3.87. The summed E-state index contributed by atoms with van der Waals surface area (Å²) in [6, 6.07) is 6.53. The lowest BCUT2D eigenvalue weighted by Crippen LogP contribution is -1.97. The van der Waals surface area contributed by atoms with Crippen molar-refractivity contribution in [1.82, 2.24) is 14.8 Å². The molecule has 0 N–H and O–H groups in total. The van der Waals surface area contributed by atoms with Gasteiger partial charge >= 0.3 is 0 Å². The van der Waals surface area contributed by atoms with Crippen LogP contribution >= 0.6 is 11.8 Å². The number of rotatable bonds is 5. The van der Waals surface area contributed by atoms with Gasteiger partial charge in [0.15, 0.2) is 5.16 Å². The first-order valence-electron chi connectivity index (χ1n) is 5.61. The smallest absolute Gasteiger partial charge is 0.191 e. The van der Waals surface area contributed by atoms with E-state index >= 15 is 0 Å². The summed E-state index contributed by atoms with van der Waals surface area (Å²) in [5.41, 5.74) is 1.06. The van der Waals surface area contributed by atoms with E-state index in [1.165, 1.54) is 12.1 Å². The minimum Gasteiger partial charge on any atom is -0.305 e. The van der Waals surface area contributed by atoms with E-state index in [1.54, 1.807) is 36.3 Å². The average molecular weight is 263 g/mol. The number of aromatic nitrogens is 3. The Hall–Kier alpha value is -1.62. The van der Waals surface area contributed by atoms with E-state index in [1.807, 2.05) is 4.57 Å². The lowest BCUT2D eigenvalue weighted by atomic mass is 10.2. The molecule has 5 heteroatoms. The summed E-state index contributed by atoms with van der Waals surface area (Å²) in [6.07, 6.45) is 3.48. The maximum absolute atomic E-state index is 12.8. The third-order valence-electron chi connectivity index (χ3n) is 2.53. The topological polar surface area (TPSA) is 30.7 Å². The standard InChI is InChI=1S/C13H14FN3S/c1-3-8-17-9-15-16-13(17)18-10(2)11-4-6-12(14)7-5-11/h3-7,9-10H,1,8H2,2H3. The summed E-state index contributed by atoms with van der Waals surface area (Å²) in [6.45, 7) is 6.44. The Morgan fingerprint density at radius 1 is 1.44 bits per heavy atom. The van der Waals surface area contributed by atoms with Crippen LogP contribution in [0.4, 0.5) is 4.39 Å². The van der Waals surface area contributed by atoms with Crippen LogP contribution in [0.15, 0.2) is 48.4 Å². The first-order valence-corrected chi connectivity index (χ1v) is 6.49. The van der Waals surface area contributed by atoms with Crippen LogP contribution in [-0.2, 0) is 6.54 Å². The summed E-state index contributed by atoms with van der Waals surface area (Å²) in [5, 5.41) is 8.99. The molecule has 1 unspecified atom stereocenters. The molecule has 2 aromatic rings. The van der Waals surface area contributed by atoms with Crippen LogP contribution in [0.25, 0.3) is 0 Å². The predicted molar refractivity (Wildman–Crippen MR) is 70.9 cm³/mol. The molecule has 3 nitrogen and oxygen atoms in total. The highest BCUT2D eigenvalue weighted by molar-refractivity contribution is 7.99. The molecular formula is C13H14FN3S. The van der Waals surface area contributed by atoms with Crippen LogP contribution < -0.4 is 0 Å². The second kappa shape index (κ2) is 5.82. The third kappa shape index (κ3) is 2.98. The molecule has 0 fully saturated rings. The number of allylic oxidation sites excluding steroid dienone is 1. The summed E-state index contributed by atoms with van der Waals surface area (Å²) in [5.74, 6) is -0.217. The van der Waals surface area contributed by atoms with Crippen molar-refractivity contribution < 1.29 is 4.39 Å². The zero-order valence-corrected chi connectivity index (χ0v) is 10.9. The first kappa shape index (κ1) is 12.8. The molecule has 1 aromatic carbocycles. The molecule has 0 radical (unpaired) electrons.